The molecular formula is C14H26N4O2S. The number of nitrogens with one attached hydrogen (secondary N) is 2. The Bertz CT molecular complexity index is 560. The average molecular weight is 314 g/mol. The van der Waals surface area contributed by atoms with E-state index in [1.54, 1.807) is 18.2 Å². The fourth-order valence-corrected chi connectivity index (χ4v) is 4.93. The minimum atomic E-state index is -3.48. The van der Waals surface area contributed by atoms with Crippen LogP contribution in [0, 0.1) is 13.8 Å². The molecule has 0 aliphatic carbocycles. The first kappa shape index (κ1) is 16.5. The van der Waals surface area contributed by atoms with Crippen molar-refractivity contribution in [3.63, 3.8) is 0 Å². The molecule has 0 radical (unpaired) electrons. The molecule has 1 fully saturated rings. The predicted octanol–water partition coefficient (Wildman–Crippen LogP) is 1.57. The number of piperidine rings is 1. The fourth-order valence-electron chi connectivity index (χ4n) is 2.90. The molecule has 6 nitrogen and oxygen atoms in total. The van der Waals surface area contributed by atoms with E-state index in [0.717, 1.165) is 19.3 Å². The molecule has 2 rings (SSSR count). The second-order valence-electron chi connectivity index (χ2n) is 6.09. The van der Waals surface area contributed by atoms with Crippen molar-refractivity contribution in [3.05, 3.63) is 11.4 Å². The van der Waals surface area contributed by atoms with Gasteiger partial charge in [-0.2, -0.15) is 9.40 Å². The van der Waals surface area contributed by atoms with Gasteiger partial charge in [-0.25, -0.2) is 8.42 Å². The molecule has 0 aromatic carbocycles. The molecule has 0 spiro atoms. The second kappa shape index (κ2) is 6.46. The number of aromatic nitrogens is 2. The minimum absolute atomic E-state index is 0.0276. The standard InChI is InChI=1S/C14H26N4O2S/c1-10(2)15-9-13-7-5-6-8-18(13)21(19,20)14-11(3)16-17-12(14)4/h10,13,15H,5-9H2,1-4H3,(H,16,17). The summed E-state index contributed by atoms with van der Waals surface area (Å²) in [6.07, 6.45) is 2.92. The van der Waals surface area contributed by atoms with Gasteiger partial charge in [-0.1, -0.05) is 20.3 Å². The third kappa shape index (κ3) is 3.46. The average Bonchev–Trinajstić information content (AvgIpc) is 2.76. The highest BCUT2D eigenvalue weighted by Gasteiger charge is 2.36. The molecule has 1 aliphatic rings. The minimum Gasteiger partial charge on any atom is -0.313 e. The number of rotatable bonds is 5. The van der Waals surface area contributed by atoms with Crippen molar-refractivity contribution in [2.45, 2.75) is 63.9 Å². The first-order valence-corrected chi connectivity index (χ1v) is 9.05. The maximum atomic E-state index is 13.0. The highest BCUT2D eigenvalue weighted by atomic mass is 32.2. The van der Waals surface area contributed by atoms with Gasteiger partial charge in [-0.3, -0.25) is 5.10 Å². The topological polar surface area (TPSA) is 78.1 Å². The normalized spacial score (nSPS) is 21.1. The lowest BCUT2D eigenvalue weighted by atomic mass is 10.0. The van der Waals surface area contributed by atoms with Crippen molar-refractivity contribution >= 4 is 10.0 Å². The monoisotopic (exact) mass is 314 g/mol. The van der Waals surface area contributed by atoms with Gasteiger partial charge in [-0.05, 0) is 26.7 Å². The van der Waals surface area contributed by atoms with Gasteiger partial charge in [0.15, 0.2) is 0 Å². The number of aryl methyl sites for hydroxylation is 2. The highest BCUT2D eigenvalue weighted by Crippen LogP contribution is 2.28. The molecule has 7 heteroatoms. The largest absolute Gasteiger partial charge is 0.313 e. The van der Waals surface area contributed by atoms with Crippen molar-refractivity contribution in [1.82, 2.24) is 19.8 Å². The smallest absolute Gasteiger partial charge is 0.247 e. The van der Waals surface area contributed by atoms with Crippen LogP contribution in [0.4, 0.5) is 0 Å². The van der Waals surface area contributed by atoms with Crippen molar-refractivity contribution in [2.75, 3.05) is 13.1 Å². The van der Waals surface area contributed by atoms with Gasteiger partial charge in [0.1, 0.15) is 4.90 Å². The molecule has 1 aromatic heterocycles. The van der Waals surface area contributed by atoms with Gasteiger partial charge in [-0.15, -0.1) is 0 Å². The van der Waals surface area contributed by atoms with Crippen LogP contribution in [0.3, 0.4) is 0 Å². The van der Waals surface area contributed by atoms with Gasteiger partial charge in [0.05, 0.1) is 11.4 Å². The third-order valence-corrected chi connectivity index (χ3v) is 6.18. The maximum absolute atomic E-state index is 13.0. The molecule has 1 atom stereocenters. The van der Waals surface area contributed by atoms with Crippen LogP contribution in [0.1, 0.15) is 44.5 Å². The van der Waals surface area contributed by atoms with Crippen molar-refractivity contribution in [1.29, 1.82) is 0 Å². The molecular weight excluding hydrogens is 288 g/mol. The van der Waals surface area contributed by atoms with E-state index in [1.807, 2.05) is 0 Å². The number of H-pyrrole nitrogens is 1. The van der Waals surface area contributed by atoms with Gasteiger partial charge >= 0.3 is 0 Å². The van der Waals surface area contributed by atoms with E-state index in [2.05, 4.69) is 29.4 Å². The lowest BCUT2D eigenvalue weighted by molar-refractivity contribution is 0.242. The predicted molar refractivity (Wildman–Crippen MR) is 82.7 cm³/mol. The summed E-state index contributed by atoms with van der Waals surface area (Å²) < 4.78 is 27.6. The zero-order valence-corrected chi connectivity index (χ0v) is 14.1. The van der Waals surface area contributed by atoms with E-state index < -0.39 is 10.0 Å². The van der Waals surface area contributed by atoms with E-state index in [9.17, 15) is 8.42 Å². The summed E-state index contributed by atoms with van der Waals surface area (Å²) in [5.74, 6) is 0. The zero-order valence-electron chi connectivity index (χ0n) is 13.3. The number of nitrogens with zero attached hydrogens (tertiary/aromatic N) is 2. The van der Waals surface area contributed by atoms with Crippen molar-refractivity contribution in [3.8, 4) is 0 Å². The number of aromatic amines is 1. The molecule has 0 saturated carbocycles. The van der Waals surface area contributed by atoms with Gasteiger partial charge in [0.2, 0.25) is 10.0 Å². The van der Waals surface area contributed by atoms with E-state index in [0.29, 0.717) is 35.4 Å². The van der Waals surface area contributed by atoms with Gasteiger partial charge in [0.25, 0.3) is 0 Å². The van der Waals surface area contributed by atoms with E-state index >= 15 is 0 Å². The SMILES string of the molecule is Cc1n[nH]c(C)c1S(=O)(=O)N1CCCCC1CNC(C)C. The number of sulfonamides is 1. The third-order valence-electron chi connectivity index (χ3n) is 3.96. The highest BCUT2D eigenvalue weighted by molar-refractivity contribution is 7.89. The van der Waals surface area contributed by atoms with Crippen LogP contribution in [-0.2, 0) is 10.0 Å². The lowest BCUT2D eigenvalue weighted by Crippen LogP contribution is -2.49. The van der Waals surface area contributed by atoms with Crippen molar-refractivity contribution in [2.24, 2.45) is 0 Å². The summed E-state index contributed by atoms with van der Waals surface area (Å²) in [6.45, 7) is 8.95. The van der Waals surface area contributed by atoms with Gasteiger partial charge in [0, 0.05) is 25.2 Å². The second-order valence-corrected chi connectivity index (χ2v) is 7.92. The van der Waals surface area contributed by atoms with Gasteiger partial charge < -0.3 is 5.32 Å². The zero-order chi connectivity index (χ0) is 15.6. The van der Waals surface area contributed by atoms with E-state index in [-0.39, 0.29) is 6.04 Å². The maximum Gasteiger partial charge on any atom is 0.247 e. The molecule has 1 unspecified atom stereocenters. The summed E-state index contributed by atoms with van der Waals surface area (Å²) in [6, 6.07) is 0.383. The first-order chi connectivity index (χ1) is 9.84. The molecule has 120 valence electrons. The van der Waals surface area contributed by atoms with Crippen molar-refractivity contribution < 1.29 is 8.42 Å². The van der Waals surface area contributed by atoms with Crippen LogP contribution in [-0.4, -0.2) is 48.1 Å². The van der Waals surface area contributed by atoms with Crippen LogP contribution >= 0.6 is 0 Å². The molecule has 0 bridgehead atoms. The summed E-state index contributed by atoms with van der Waals surface area (Å²) in [7, 11) is -3.48. The Morgan fingerprint density at radius 1 is 1.38 bits per heavy atom. The Labute approximate surface area is 127 Å². The number of hydrogen-bond acceptors (Lipinski definition) is 4. The van der Waals surface area contributed by atoms with E-state index in [4.69, 9.17) is 0 Å². The fraction of sp³-hybridized carbons (Fsp3) is 0.786. The van der Waals surface area contributed by atoms with E-state index in [1.165, 1.54) is 0 Å². The summed E-state index contributed by atoms with van der Waals surface area (Å²) in [5.41, 5.74) is 1.17. The van der Waals surface area contributed by atoms with Crippen LogP contribution in [0.2, 0.25) is 0 Å². The summed E-state index contributed by atoms with van der Waals surface area (Å²) in [4.78, 5) is 0.346. The molecule has 1 aromatic rings. The first-order valence-electron chi connectivity index (χ1n) is 7.61. The lowest BCUT2D eigenvalue weighted by Gasteiger charge is -2.35. The number of hydrogen-bond donors (Lipinski definition) is 2. The molecule has 2 heterocycles. The molecule has 1 aliphatic heterocycles. The Morgan fingerprint density at radius 2 is 2.10 bits per heavy atom. The Balaban J connectivity index is 2.28. The van der Waals surface area contributed by atoms with Crippen LogP contribution in [0.25, 0.3) is 0 Å². The van der Waals surface area contributed by atoms with Crippen LogP contribution < -0.4 is 5.32 Å². The summed E-state index contributed by atoms with van der Waals surface area (Å²) >= 11 is 0. The summed E-state index contributed by atoms with van der Waals surface area (Å²) in [5, 5.41) is 10.2. The molecule has 0 amide bonds. The quantitative estimate of drug-likeness (QED) is 0.865. The molecule has 2 N–H and O–H groups in total. The van der Waals surface area contributed by atoms with Crippen LogP contribution in [0.15, 0.2) is 4.90 Å². The molecule has 21 heavy (non-hydrogen) atoms. The van der Waals surface area contributed by atoms with Crippen LogP contribution in [0.5, 0.6) is 0 Å². The molecule has 1 saturated heterocycles. The Kier molecular flexibility index (Phi) is 5.06. The Hall–Kier alpha value is -0.920. The Morgan fingerprint density at radius 3 is 2.67 bits per heavy atom.